The summed E-state index contributed by atoms with van der Waals surface area (Å²) in [7, 11) is -3.46. The Labute approximate surface area is 231 Å². The monoisotopic (exact) mass is 621 g/mol. The molecule has 4 aromatic carbocycles. The maximum Gasteiger partial charge on any atom is 0.416 e. The summed E-state index contributed by atoms with van der Waals surface area (Å²) in [6.07, 6.45) is -4.39. The molecule has 0 unspecified atom stereocenters. The van der Waals surface area contributed by atoms with Gasteiger partial charge in [-0.1, -0.05) is 88.2 Å². The van der Waals surface area contributed by atoms with Gasteiger partial charge in [-0.05, 0) is 47.5 Å². The highest BCUT2D eigenvalue weighted by atomic mass is 79.9. The van der Waals surface area contributed by atoms with Crippen LogP contribution in [-0.4, -0.2) is 5.91 Å². The van der Waals surface area contributed by atoms with E-state index in [0.29, 0.717) is 4.47 Å². The topological polar surface area (TPSA) is 55.4 Å². The molecule has 1 amide bonds. The van der Waals surface area contributed by atoms with Crippen molar-refractivity contribution in [2.24, 2.45) is 0 Å². The first-order valence-electron chi connectivity index (χ1n) is 11.4. The second-order valence-corrected chi connectivity index (χ2v) is 12.2. The number of rotatable bonds is 8. The minimum absolute atomic E-state index is 0.0193. The molecule has 0 saturated carbocycles. The summed E-state index contributed by atoms with van der Waals surface area (Å²) in [6.45, 7) is 0. The number of amides is 1. The lowest BCUT2D eigenvalue weighted by molar-refractivity contribution is -0.137. The quantitative estimate of drug-likeness (QED) is 0.199. The standard InChI is InChI=1S/C28H21BrClF3NO3P/c29-22-12-14-26(23(16-22)27(35)34-25-15-21(28(31,32)33)11-13-24(25)30)37-38(36,17-19-7-3-1-4-8-19)18-20-9-5-2-6-10-20/h1-16H,17-18H2,(H,34,35). The molecule has 1 N–H and O–H groups in total. The summed E-state index contributed by atoms with van der Waals surface area (Å²) in [5, 5.41) is 2.36. The Morgan fingerprint density at radius 2 is 1.45 bits per heavy atom. The molecule has 0 fully saturated rings. The zero-order valence-corrected chi connectivity index (χ0v) is 22.9. The van der Waals surface area contributed by atoms with Gasteiger partial charge in [-0.15, -0.1) is 0 Å². The van der Waals surface area contributed by atoms with Crippen LogP contribution in [-0.2, 0) is 23.1 Å². The third-order valence-corrected chi connectivity index (χ3v) is 8.57. The van der Waals surface area contributed by atoms with Gasteiger partial charge in [0.25, 0.3) is 13.3 Å². The number of carbonyl (C=O) groups excluding carboxylic acids is 1. The normalized spacial score (nSPS) is 11.7. The lowest BCUT2D eigenvalue weighted by Crippen LogP contribution is -2.15. The fourth-order valence-electron chi connectivity index (χ4n) is 3.77. The molecule has 0 bridgehead atoms. The van der Waals surface area contributed by atoms with Gasteiger partial charge in [-0.25, -0.2) is 0 Å². The van der Waals surface area contributed by atoms with E-state index >= 15 is 0 Å². The van der Waals surface area contributed by atoms with Gasteiger partial charge in [-0.3, -0.25) is 9.36 Å². The molecule has 0 saturated heterocycles. The molecule has 10 heteroatoms. The highest BCUT2D eigenvalue weighted by molar-refractivity contribution is 9.10. The molecule has 4 rings (SSSR count). The van der Waals surface area contributed by atoms with Gasteiger partial charge < -0.3 is 9.84 Å². The first-order chi connectivity index (χ1) is 18.0. The number of halogens is 5. The van der Waals surface area contributed by atoms with Crippen molar-refractivity contribution in [3.63, 3.8) is 0 Å². The molecular weight excluding hydrogens is 602 g/mol. The fourth-order valence-corrected chi connectivity index (χ4v) is 6.59. The maximum absolute atomic E-state index is 14.2. The van der Waals surface area contributed by atoms with E-state index < -0.39 is 25.0 Å². The molecule has 0 spiro atoms. The molecule has 0 aromatic heterocycles. The number of benzene rings is 4. The zero-order chi connectivity index (χ0) is 27.3. The van der Waals surface area contributed by atoms with Crippen LogP contribution in [0, 0.1) is 0 Å². The molecule has 0 atom stereocenters. The summed E-state index contributed by atoms with van der Waals surface area (Å²) in [6, 6.07) is 25.6. The molecule has 196 valence electrons. The number of anilines is 1. The zero-order valence-electron chi connectivity index (χ0n) is 19.7. The Morgan fingerprint density at radius 3 is 2.00 bits per heavy atom. The average molecular weight is 623 g/mol. The van der Waals surface area contributed by atoms with E-state index in [1.54, 1.807) is 6.07 Å². The summed E-state index contributed by atoms with van der Waals surface area (Å²) in [4.78, 5) is 13.3. The number of alkyl halides is 3. The molecule has 4 nitrogen and oxygen atoms in total. The van der Waals surface area contributed by atoms with E-state index in [1.165, 1.54) is 12.1 Å². The van der Waals surface area contributed by atoms with Crippen LogP contribution in [0.2, 0.25) is 5.02 Å². The average Bonchev–Trinajstić information content (AvgIpc) is 2.86. The van der Waals surface area contributed by atoms with Crippen molar-refractivity contribution in [3.05, 3.63) is 129 Å². The highest BCUT2D eigenvalue weighted by Gasteiger charge is 2.32. The molecule has 0 aliphatic rings. The SMILES string of the molecule is O=C(Nc1cc(C(F)(F)F)ccc1Cl)c1cc(Br)ccc1OP(=O)(Cc1ccccc1)Cc1ccccc1. The molecular formula is C28H21BrClF3NO3P. The van der Waals surface area contributed by atoms with E-state index in [9.17, 15) is 22.5 Å². The van der Waals surface area contributed by atoms with E-state index in [2.05, 4.69) is 21.2 Å². The van der Waals surface area contributed by atoms with E-state index in [-0.39, 0.29) is 34.3 Å². The Hall–Kier alpha value is -3.06. The highest BCUT2D eigenvalue weighted by Crippen LogP contribution is 2.54. The Kier molecular flexibility index (Phi) is 8.66. The fraction of sp³-hybridized carbons (Fsp3) is 0.107. The Bertz CT molecular complexity index is 1440. The second-order valence-electron chi connectivity index (χ2n) is 8.48. The first-order valence-corrected chi connectivity index (χ1v) is 14.5. The van der Waals surface area contributed by atoms with Crippen LogP contribution in [0.4, 0.5) is 18.9 Å². The lowest BCUT2D eigenvalue weighted by Gasteiger charge is -2.22. The maximum atomic E-state index is 14.2. The van der Waals surface area contributed by atoms with Gasteiger partial charge in [0, 0.05) is 4.47 Å². The third-order valence-electron chi connectivity index (χ3n) is 5.53. The summed E-state index contributed by atoms with van der Waals surface area (Å²) < 4.78 is 60.5. The molecule has 4 aromatic rings. The van der Waals surface area contributed by atoms with E-state index in [0.717, 1.165) is 29.3 Å². The van der Waals surface area contributed by atoms with Gasteiger partial charge in [0.1, 0.15) is 5.75 Å². The Balaban J connectivity index is 1.68. The minimum atomic E-state index is -4.62. The van der Waals surface area contributed by atoms with Crippen LogP contribution in [0.5, 0.6) is 5.75 Å². The van der Waals surface area contributed by atoms with Crippen molar-refractivity contribution in [1.29, 1.82) is 0 Å². The molecule has 0 radical (unpaired) electrons. The van der Waals surface area contributed by atoms with E-state index in [1.807, 2.05) is 60.7 Å². The molecule has 38 heavy (non-hydrogen) atoms. The van der Waals surface area contributed by atoms with Crippen LogP contribution in [0.1, 0.15) is 27.0 Å². The number of carbonyl (C=O) groups is 1. The predicted octanol–water partition coefficient (Wildman–Crippen LogP) is 9.43. The van der Waals surface area contributed by atoms with Crippen LogP contribution in [0.15, 0.2) is 102 Å². The molecule has 0 heterocycles. The lowest BCUT2D eigenvalue weighted by atomic mass is 10.1. The van der Waals surface area contributed by atoms with Crippen molar-refractivity contribution in [2.75, 3.05) is 5.32 Å². The number of hydrogen-bond donors (Lipinski definition) is 1. The van der Waals surface area contributed by atoms with Crippen LogP contribution >= 0.6 is 34.9 Å². The van der Waals surface area contributed by atoms with Crippen LogP contribution in [0.3, 0.4) is 0 Å². The van der Waals surface area contributed by atoms with Crippen molar-refractivity contribution < 1.29 is 27.1 Å². The second kappa shape index (κ2) is 11.8. The van der Waals surface area contributed by atoms with Gasteiger partial charge in [-0.2, -0.15) is 13.2 Å². The van der Waals surface area contributed by atoms with Crippen molar-refractivity contribution in [3.8, 4) is 5.75 Å². The molecule has 0 aliphatic heterocycles. The summed E-state index contributed by atoms with van der Waals surface area (Å²) in [5.41, 5.74) is 0.401. The van der Waals surface area contributed by atoms with E-state index in [4.69, 9.17) is 16.1 Å². The third kappa shape index (κ3) is 7.28. The van der Waals surface area contributed by atoms with Gasteiger partial charge in [0.05, 0.1) is 34.2 Å². The summed E-state index contributed by atoms with van der Waals surface area (Å²) in [5.74, 6) is -0.738. The summed E-state index contributed by atoms with van der Waals surface area (Å²) >= 11 is 9.38. The smallest absolute Gasteiger partial charge is 0.416 e. The first kappa shape index (κ1) is 28.0. The van der Waals surface area contributed by atoms with Crippen molar-refractivity contribution >= 4 is 46.5 Å². The number of nitrogens with one attached hydrogen (secondary N) is 1. The van der Waals surface area contributed by atoms with Crippen LogP contribution in [0.25, 0.3) is 0 Å². The Morgan fingerprint density at radius 1 is 0.868 bits per heavy atom. The van der Waals surface area contributed by atoms with Crippen LogP contribution < -0.4 is 9.84 Å². The van der Waals surface area contributed by atoms with Crippen molar-refractivity contribution in [1.82, 2.24) is 0 Å². The minimum Gasteiger partial charge on any atom is -0.441 e. The predicted molar refractivity (Wildman–Crippen MR) is 147 cm³/mol. The van der Waals surface area contributed by atoms with Crippen molar-refractivity contribution in [2.45, 2.75) is 18.5 Å². The largest absolute Gasteiger partial charge is 0.441 e. The van der Waals surface area contributed by atoms with Gasteiger partial charge in [0.15, 0.2) is 0 Å². The molecule has 0 aliphatic carbocycles. The van der Waals surface area contributed by atoms with Gasteiger partial charge in [0.2, 0.25) is 0 Å². The van der Waals surface area contributed by atoms with Gasteiger partial charge >= 0.3 is 6.18 Å². The number of hydrogen-bond acceptors (Lipinski definition) is 3.